The number of furan rings is 1. The van der Waals surface area contributed by atoms with Crippen LogP contribution in [0, 0.1) is 0 Å². The van der Waals surface area contributed by atoms with Gasteiger partial charge in [-0.2, -0.15) is 0 Å². The quantitative estimate of drug-likeness (QED) is 0.790. The van der Waals surface area contributed by atoms with Crippen molar-refractivity contribution in [3.63, 3.8) is 0 Å². The highest BCUT2D eigenvalue weighted by Gasteiger charge is 2.28. The minimum atomic E-state index is -0.0196. The molecule has 0 N–H and O–H groups in total. The standard InChI is InChI=1S/C15H21N3O3/c19-14(13-4-11-21-12-13)16-7-9-18(10-8-16)15(20)17-5-2-1-3-6-17/h4,11-12H,1-3,5-10H2. The molecule has 2 saturated heterocycles. The Bertz CT molecular complexity index is 486. The number of carbonyl (C=O) groups is 2. The van der Waals surface area contributed by atoms with Crippen molar-refractivity contribution in [1.29, 1.82) is 0 Å². The number of nitrogens with zero attached hydrogens (tertiary/aromatic N) is 3. The topological polar surface area (TPSA) is 57.0 Å². The predicted molar refractivity (Wildman–Crippen MR) is 77.0 cm³/mol. The molecular formula is C15H21N3O3. The molecule has 2 fully saturated rings. The van der Waals surface area contributed by atoms with Gasteiger partial charge in [-0.1, -0.05) is 0 Å². The average Bonchev–Trinajstić information content (AvgIpc) is 3.09. The molecule has 0 bridgehead atoms. The molecule has 0 saturated carbocycles. The molecule has 2 aliphatic heterocycles. The van der Waals surface area contributed by atoms with Crippen LogP contribution >= 0.6 is 0 Å². The largest absolute Gasteiger partial charge is 0.472 e. The van der Waals surface area contributed by atoms with Crippen LogP contribution in [0.4, 0.5) is 4.79 Å². The molecule has 0 aliphatic carbocycles. The third-order valence-corrected chi connectivity index (χ3v) is 4.23. The zero-order valence-corrected chi connectivity index (χ0v) is 12.2. The number of likely N-dealkylation sites (tertiary alicyclic amines) is 1. The zero-order valence-electron chi connectivity index (χ0n) is 12.2. The molecule has 0 spiro atoms. The Morgan fingerprint density at radius 3 is 2.10 bits per heavy atom. The molecule has 0 atom stereocenters. The Balaban J connectivity index is 1.52. The summed E-state index contributed by atoms with van der Waals surface area (Å²) in [6.45, 7) is 4.13. The van der Waals surface area contributed by atoms with Crippen molar-refractivity contribution in [2.24, 2.45) is 0 Å². The first kappa shape index (κ1) is 14.0. The Morgan fingerprint density at radius 1 is 0.857 bits per heavy atom. The van der Waals surface area contributed by atoms with Gasteiger partial charge in [-0.3, -0.25) is 4.79 Å². The number of piperidine rings is 1. The number of hydrogen-bond donors (Lipinski definition) is 0. The maximum atomic E-state index is 12.4. The van der Waals surface area contributed by atoms with Crippen LogP contribution in [0.5, 0.6) is 0 Å². The second kappa shape index (κ2) is 6.20. The lowest BCUT2D eigenvalue weighted by molar-refractivity contribution is 0.0632. The minimum absolute atomic E-state index is 0.0196. The molecule has 3 amide bonds. The van der Waals surface area contributed by atoms with Crippen LogP contribution in [0.15, 0.2) is 23.0 Å². The molecule has 6 heteroatoms. The fourth-order valence-corrected chi connectivity index (χ4v) is 2.95. The van der Waals surface area contributed by atoms with Gasteiger partial charge in [0.15, 0.2) is 0 Å². The van der Waals surface area contributed by atoms with Gasteiger partial charge in [0.2, 0.25) is 0 Å². The zero-order chi connectivity index (χ0) is 14.7. The summed E-state index contributed by atoms with van der Waals surface area (Å²) < 4.78 is 4.95. The lowest BCUT2D eigenvalue weighted by Crippen LogP contribution is -2.54. The average molecular weight is 291 g/mol. The first-order valence-corrected chi connectivity index (χ1v) is 7.61. The number of rotatable bonds is 1. The lowest BCUT2D eigenvalue weighted by Gasteiger charge is -2.38. The third-order valence-electron chi connectivity index (χ3n) is 4.23. The van der Waals surface area contributed by atoms with E-state index in [1.165, 1.54) is 18.9 Å². The molecule has 0 unspecified atom stereocenters. The molecule has 1 aromatic rings. The smallest absolute Gasteiger partial charge is 0.320 e. The molecule has 114 valence electrons. The van der Waals surface area contributed by atoms with Crippen LogP contribution in [0.3, 0.4) is 0 Å². The van der Waals surface area contributed by atoms with Crippen molar-refractivity contribution in [2.75, 3.05) is 39.3 Å². The van der Waals surface area contributed by atoms with Crippen molar-refractivity contribution in [2.45, 2.75) is 19.3 Å². The van der Waals surface area contributed by atoms with E-state index in [1.54, 1.807) is 11.0 Å². The highest BCUT2D eigenvalue weighted by molar-refractivity contribution is 5.94. The second-order valence-corrected chi connectivity index (χ2v) is 5.62. The molecule has 3 heterocycles. The number of carbonyl (C=O) groups excluding carboxylic acids is 2. The number of urea groups is 1. The molecule has 2 aliphatic rings. The summed E-state index contributed by atoms with van der Waals surface area (Å²) in [5.41, 5.74) is 0.575. The Hall–Kier alpha value is -1.98. The SMILES string of the molecule is O=C(c1ccoc1)N1CCN(C(=O)N2CCCCC2)CC1. The summed E-state index contributed by atoms with van der Waals surface area (Å²) in [7, 11) is 0. The summed E-state index contributed by atoms with van der Waals surface area (Å²) in [5.74, 6) is -0.0196. The van der Waals surface area contributed by atoms with E-state index in [0.717, 1.165) is 25.9 Å². The predicted octanol–water partition coefficient (Wildman–Crippen LogP) is 1.64. The van der Waals surface area contributed by atoms with Gasteiger partial charge >= 0.3 is 6.03 Å². The maximum absolute atomic E-state index is 12.4. The summed E-state index contributed by atoms with van der Waals surface area (Å²) >= 11 is 0. The number of piperazine rings is 1. The van der Waals surface area contributed by atoms with Gasteiger partial charge in [-0.25, -0.2) is 4.79 Å². The van der Waals surface area contributed by atoms with Gasteiger partial charge in [0, 0.05) is 39.3 Å². The van der Waals surface area contributed by atoms with E-state index >= 15 is 0 Å². The maximum Gasteiger partial charge on any atom is 0.320 e. The van der Waals surface area contributed by atoms with Crippen LogP contribution in [-0.2, 0) is 0 Å². The Morgan fingerprint density at radius 2 is 1.48 bits per heavy atom. The molecule has 6 nitrogen and oxygen atoms in total. The fourth-order valence-electron chi connectivity index (χ4n) is 2.95. The minimum Gasteiger partial charge on any atom is -0.472 e. The molecule has 3 rings (SSSR count). The van der Waals surface area contributed by atoms with Crippen molar-refractivity contribution in [3.8, 4) is 0 Å². The lowest BCUT2D eigenvalue weighted by atomic mass is 10.1. The van der Waals surface area contributed by atoms with Gasteiger partial charge in [0.05, 0.1) is 11.8 Å². The Kier molecular flexibility index (Phi) is 4.13. The Labute approximate surface area is 124 Å². The van der Waals surface area contributed by atoms with Gasteiger partial charge in [0.25, 0.3) is 5.91 Å². The van der Waals surface area contributed by atoms with Crippen molar-refractivity contribution in [1.82, 2.24) is 14.7 Å². The van der Waals surface area contributed by atoms with Gasteiger partial charge in [0.1, 0.15) is 6.26 Å². The van der Waals surface area contributed by atoms with E-state index in [9.17, 15) is 9.59 Å². The molecule has 0 radical (unpaired) electrons. The fraction of sp³-hybridized carbons (Fsp3) is 0.600. The number of amides is 3. The first-order chi connectivity index (χ1) is 10.3. The van der Waals surface area contributed by atoms with Crippen LogP contribution in [0.25, 0.3) is 0 Å². The molecule has 0 aromatic carbocycles. The van der Waals surface area contributed by atoms with E-state index < -0.39 is 0 Å². The van der Waals surface area contributed by atoms with Crippen molar-refractivity contribution >= 4 is 11.9 Å². The van der Waals surface area contributed by atoms with E-state index in [0.29, 0.717) is 31.7 Å². The summed E-state index contributed by atoms with van der Waals surface area (Å²) in [4.78, 5) is 30.2. The summed E-state index contributed by atoms with van der Waals surface area (Å²) in [5, 5.41) is 0. The van der Waals surface area contributed by atoms with E-state index in [1.807, 2.05) is 9.80 Å². The number of hydrogen-bond acceptors (Lipinski definition) is 3. The molecular weight excluding hydrogens is 270 g/mol. The monoisotopic (exact) mass is 291 g/mol. The summed E-state index contributed by atoms with van der Waals surface area (Å²) in [6, 6.07) is 1.80. The van der Waals surface area contributed by atoms with E-state index in [2.05, 4.69) is 0 Å². The first-order valence-electron chi connectivity index (χ1n) is 7.61. The van der Waals surface area contributed by atoms with Gasteiger partial charge in [-0.15, -0.1) is 0 Å². The molecule has 21 heavy (non-hydrogen) atoms. The normalized spacial score (nSPS) is 19.7. The van der Waals surface area contributed by atoms with Crippen LogP contribution in [0.1, 0.15) is 29.6 Å². The van der Waals surface area contributed by atoms with Crippen LogP contribution in [-0.4, -0.2) is 65.9 Å². The summed E-state index contributed by atoms with van der Waals surface area (Å²) in [6.07, 6.45) is 6.39. The highest BCUT2D eigenvalue weighted by Crippen LogP contribution is 2.14. The van der Waals surface area contributed by atoms with Crippen LogP contribution < -0.4 is 0 Å². The highest BCUT2D eigenvalue weighted by atomic mass is 16.3. The van der Waals surface area contributed by atoms with E-state index in [4.69, 9.17) is 4.42 Å². The molecule has 1 aromatic heterocycles. The second-order valence-electron chi connectivity index (χ2n) is 5.62. The van der Waals surface area contributed by atoms with Crippen molar-refractivity contribution in [3.05, 3.63) is 24.2 Å². The third kappa shape index (κ3) is 3.04. The van der Waals surface area contributed by atoms with Gasteiger partial charge in [-0.05, 0) is 25.3 Å². The van der Waals surface area contributed by atoms with Crippen LogP contribution in [0.2, 0.25) is 0 Å². The van der Waals surface area contributed by atoms with E-state index in [-0.39, 0.29) is 11.9 Å². The van der Waals surface area contributed by atoms with Gasteiger partial charge < -0.3 is 19.1 Å². The van der Waals surface area contributed by atoms with Crippen molar-refractivity contribution < 1.29 is 14.0 Å².